The van der Waals surface area contributed by atoms with E-state index in [9.17, 15) is 4.79 Å². The van der Waals surface area contributed by atoms with Gasteiger partial charge in [-0.05, 0) is 84.1 Å². The molecule has 1 amide bonds. The highest BCUT2D eigenvalue weighted by molar-refractivity contribution is 7.18. The Morgan fingerprint density at radius 2 is 2.00 bits per heavy atom. The number of carbonyl (C=O) groups excluding carboxylic acids is 1. The zero-order valence-electron chi connectivity index (χ0n) is 19.5. The highest BCUT2D eigenvalue weighted by Gasteiger charge is 2.29. The molecule has 0 aliphatic carbocycles. The van der Waals surface area contributed by atoms with Crippen LogP contribution < -0.4 is 0 Å². The number of benzene rings is 1. The topological polar surface area (TPSA) is 45.7 Å². The molecule has 2 aromatic rings. The fraction of sp³-hybridized carbons (Fsp3) is 0.600. The smallest absolute Gasteiger partial charge is 0.414 e. The number of likely N-dealkylation sites (tertiary alicyclic amines) is 1. The third-order valence-electron chi connectivity index (χ3n) is 6.14. The number of nitrogens with zero attached hydrogens (tertiary/aromatic N) is 3. The Hall–Kier alpha value is -1.92. The van der Waals surface area contributed by atoms with Crippen molar-refractivity contribution < 1.29 is 9.53 Å². The Morgan fingerprint density at radius 3 is 2.71 bits per heavy atom. The predicted octanol–water partition coefficient (Wildman–Crippen LogP) is 5.80. The molecule has 0 spiro atoms. The minimum atomic E-state index is -0.509. The molecule has 1 aromatic carbocycles. The third-order valence-corrected chi connectivity index (χ3v) is 7.20. The highest BCUT2D eigenvalue weighted by atomic mass is 32.1. The second-order valence-electron chi connectivity index (χ2n) is 10.3. The van der Waals surface area contributed by atoms with Crippen LogP contribution >= 0.6 is 11.3 Å². The van der Waals surface area contributed by atoms with E-state index in [4.69, 9.17) is 9.72 Å². The first-order chi connectivity index (χ1) is 14.7. The van der Waals surface area contributed by atoms with Gasteiger partial charge in [0, 0.05) is 18.5 Å². The number of aromatic nitrogens is 1. The fourth-order valence-corrected chi connectivity index (χ4v) is 5.47. The maximum atomic E-state index is 12.9. The molecule has 5 nitrogen and oxygen atoms in total. The molecule has 1 atom stereocenters. The molecule has 1 aromatic heterocycles. The summed E-state index contributed by atoms with van der Waals surface area (Å²) in [5.74, 6) is 1.15. The van der Waals surface area contributed by atoms with Crippen molar-refractivity contribution in [2.24, 2.45) is 11.8 Å². The largest absolute Gasteiger partial charge is 0.443 e. The Balaban J connectivity index is 1.55. The molecule has 4 rings (SSSR count). The average Bonchev–Trinajstić information content (AvgIpc) is 3.10. The molecule has 0 N–H and O–H groups in total. The second kappa shape index (κ2) is 8.91. The lowest BCUT2D eigenvalue weighted by atomic mass is 9.94. The number of fused-ring (bicyclic) bond motifs is 1. The molecule has 0 bridgehead atoms. The third kappa shape index (κ3) is 5.47. The maximum absolute atomic E-state index is 12.9. The van der Waals surface area contributed by atoms with Gasteiger partial charge in [-0.3, -0.25) is 4.90 Å². The summed E-state index contributed by atoms with van der Waals surface area (Å²) in [5, 5.41) is 1.23. The van der Waals surface area contributed by atoms with Gasteiger partial charge in [-0.2, -0.15) is 0 Å². The van der Waals surface area contributed by atoms with Crippen LogP contribution in [0.1, 0.15) is 57.5 Å². The number of piperidine rings is 1. The minimum Gasteiger partial charge on any atom is -0.443 e. The summed E-state index contributed by atoms with van der Waals surface area (Å²) in [6.45, 7) is 11.0. The molecule has 2 aliphatic rings. The van der Waals surface area contributed by atoms with Crippen molar-refractivity contribution in [1.29, 1.82) is 0 Å². The van der Waals surface area contributed by atoms with Crippen LogP contribution in [0.25, 0.3) is 15.9 Å². The van der Waals surface area contributed by atoms with E-state index < -0.39 is 5.60 Å². The predicted molar refractivity (Wildman–Crippen MR) is 128 cm³/mol. The van der Waals surface area contributed by atoms with Crippen molar-refractivity contribution in [3.63, 3.8) is 0 Å². The maximum Gasteiger partial charge on any atom is 0.414 e. The quantitative estimate of drug-likeness (QED) is 0.604. The number of carbonyl (C=O) groups is 1. The first-order valence-electron chi connectivity index (χ1n) is 11.5. The van der Waals surface area contributed by atoms with Gasteiger partial charge >= 0.3 is 6.09 Å². The molecule has 6 heteroatoms. The lowest BCUT2D eigenvalue weighted by molar-refractivity contribution is 0.0327. The van der Waals surface area contributed by atoms with E-state index in [1.807, 2.05) is 32.1 Å². The number of ether oxygens (including phenoxy) is 1. The van der Waals surface area contributed by atoms with Gasteiger partial charge in [-0.15, -0.1) is 11.3 Å². The van der Waals surface area contributed by atoms with Gasteiger partial charge in [0.05, 0.1) is 20.9 Å². The van der Waals surface area contributed by atoms with Gasteiger partial charge in [0.1, 0.15) is 5.60 Å². The first-order valence-corrected chi connectivity index (χ1v) is 12.3. The van der Waals surface area contributed by atoms with Crippen molar-refractivity contribution in [3.8, 4) is 0 Å². The van der Waals surface area contributed by atoms with Gasteiger partial charge < -0.3 is 9.64 Å². The van der Waals surface area contributed by atoms with Gasteiger partial charge in [0.25, 0.3) is 0 Å². The first kappa shape index (κ1) is 22.3. The van der Waals surface area contributed by atoms with E-state index in [1.165, 1.54) is 35.6 Å². The van der Waals surface area contributed by atoms with Crippen LogP contribution in [0.4, 0.5) is 4.79 Å². The number of hydrogen-bond acceptors (Lipinski definition) is 5. The molecule has 0 saturated carbocycles. The molecule has 1 fully saturated rings. The average molecular weight is 442 g/mol. The Morgan fingerprint density at radius 1 is 1.26 bits per heavy atom. The monoisotopic (exact) mass is 441 g/mol. The minimum absolute atomic E-state index is 0.272. The summed E-state index contributed by atoms with van der Waals surface area (Å²) in [6.07, 6.45) is 6.45. The standard InChI is InChI=1S/C25H35N3O2S/c1-17-6-8-21(28(16-17)24(29)30-25(2,3)4)19-7-9-22-20(15-19)26-23(31-22)14-18-10-12-27(5)13-11-18/h7-9,15,17-18H,6,10-14,16H2,1-5H3. The molecule has 2 aliphatic heterocycles. The molecular formula is C25H35N3O2S. The Bertz CT molecular complexity index is 967. The van der Waals surface area contributed by atoms with Gasteiger partial charge in [-0.25, -0.2) is 9.78 Å². The number of hydrogen-bond donors (Lipinski definition) is 0. The van der Waals surface area contributed by atoms with E-state index in [0.29, 0.717) is 12.5 Å². The molecule has 31 heavy (non-hydrogen) atoms. The molecule has 3 heterocycles. The van der Waals surface area contributed by atoms with Gasteiger partial charge in [0.2, 0.25) is 0 Å². The van der Waals surface area contributed by atoms with Gasteiger partial charge in [0.15, 0.2) is 0 Å². The number of amides is 1. The normalized spacial score (nSPS) is 21.4. The van der Waals surface area contributed by atoms with Crippen LogP contribution in [0.3, 0.4) is 0 Å². The summed E-state index contributed by atoms with van der Waals surface area (Å²) in [7, 11) is 2.21. The summed E-state index contributed by atoms with van der Waals surface area (Å²) >= 11 is 1.81. The summed E-state index contributed by atoms with van der Waals surface area (Å²) in [6, 6.07) is 6.43. The van der Waals surface area contributed by atoms with Crippen LogP contribution in [-0.2, 0) is 11.2 Å². The zero-order valence-corrected chi connectivity index (χ0v) is 20.3. The van der Waals surface area contributed by atoms with Crippen molar-refractivity contribution in [2.45, 2.75) is 59.0 Å². The van der Waals surface area contributed by atoms with Crippen molar-refractivity contribution >= 4 is 33.3 Å². The van der Waals surface area contributed by atoms with E-state index in [-0.39, 0.29) is 6.09 Å². The van der Waals surface area contributed by atoms with Crippen molar-refractivity contribution in [2.75, 3.05) is 26.7 Å². The van der Waals surface area contributed by atoms with E-state index >= 15 is 0 Å². The fourth-order valence-electron chi connectivity index (χ4n) is 4.41. The SMILES string of the molecule is CC1CC=C(c2ccc3sc(CC4CCN(C)CC4)nc3c2)N(C(=O)OC(C)(C)C)C1. The molecular weight excluding hydrogens is 406 g/mol. The number of thiazole rings is 1. The summed E-state index contributed by atoms with van der Waals surface area (Å²) in [4.78, 5) is 22.1. The lowest BCUT2D eigenvalue weighted by Crippen LogP contribution is -2.39. The highest BCUT2D eigenvalue weighted by Crippen LogP contribution is 2.33. The van der Waals surface area contributed by atoms with Crippen molar-refractivity contribution in [1.82, 2.24) is 14.8 Å². The number of allylic oxidation sites excluding steroid dienone is 1. The van der Waals surface area contributed by atoms with Crippen LogP contribution in [-0.4, -0.2) is 53.2 Å². The van der Waals surface area contributed by atoms with Crippen LogP contribution in [0.5, 0.6) is 0 Å². The van der Waals surface area contributed by atoms with Crippen LogP contribution in [0.2, 0.25) is 0 Å². The summed E-state index contributed by atoms with van der Waals surface area (Å²) in [5.41, 5.74) is 2.51. The Kier molecular flexibility index (Phi) is 6.40. The Labute approximate surface area is 190 Å². The van der Waals surface area contributed by atoms with Crippen LogP contribution in [0, 0.1) is 11.8 Å². The molecule has 0 radical (unpaired) electrons. The number of rotatable bonds is 3. The zero-order chi connectivity index (χ0) is 22.2. The molecule has 1 unspecified atom stereocenters. The lowest BCUT2D eigenvalue weighted by Gasteiger charge is -2.33. The van der Waals surface area contributed by atoms with E-state index in [1.54, 1.807) is 4.90 Å². The van der Waals surface area contributed by atoms with Crippen LogP contribution in [0.15, 0.2) is 24.3 Å². The molecule has 1 saturated heterocycles. The van der Waals surface area contributed by atoms with Gasteiger partial charge in [-0.1, -0.05) is 19.1 Å². The molecule has 168 valence electrons. The van der Waals surface area contributed by atoms with Crippen molar-refractivity contribution in [3.05, 3.63) is 34.8 Å². The summed E-state index contributed by atoms with van der Waals surface area (Å²) < 4.78 is 6.91. The second-order valence-corrected chi connectivity index (χ2v) is 11.4. The van der Waals surface area contributed by atoms with E-state index in [2.05, 4.69) is 43.1 Å². The van der Waals surface area contributed by atoms with E-state index in [0.717, 1.165) is 35.5 Å².